The highest BCUT2D eigenvalue weighted by molar-refractivity contribution is 5.92. The number of aromatic nitrogens is 6. The Kier molecular flexibility index (Phi) is 5.00. The van der Waals surface area contributed by atoms with Gasteiger partial charge in [0.2, 0.25) is 5.95 Å². The number of hydrogen-bond acceptors (Lipinski definition) is 7. The predicted octanol–water partition coefficient (Wildman–Crippen LogP) is 2.96. The van der Waals surface area contributed by atoms with Gasteiger partial charge in [0, 0.05) is 24.6 Å². The van der Waals surface area contributed by atoms with Crippen LogP contribution in [0.5, 0.6) is 0 Å². The average Bonchev–Trinajstić information content (AvgIpc) is 3.43. The van der Waals surface area contributed by atoms with Crippen molar-refractivity contribution >= 4 is 33.9 Å². The molecule has 0 amide bonds. The average molecular weight is 454 g/mol. The van der Waals surface area contributed by atoms with Crippen LogP contribution in [0.2, 0.25) is 0 Å². The van der Waals surface area contributed by atoms with Crippen LogP contribution in [0.25, 0.3) is 22.2 Å². The minimum Gasteiger partial charge on any atom is -0.387 e. The molecule has 172 valence electrons. The number of aliphatic hydroxyl groups is 1. The monoisotopic (exact) mass is 454 g/mol. The second kappa shape index (κ2) is 7.77. The van der Waals surface area contributed by atoms with E-state index >= 15 is 0 Å². The first-order valence-electron chi connectivity index (χ1n) is 10.7. The largest absolute Gasteiger partial charge is 0.387 e. The third-order valence-corrected chi connectivity index (χ3v) is 6.26. The maximum absolute atomic E-state index is 14.3. The zero-order valence-electron chi connectivity index (χ0n) is 18.3. The molecular formula is C22H24F2N8O. The fraction of sp³-hybridized carbons (Fsp3) is 0.364. The van der Waals surface area contributed by atoms with E-state index < -0.39 is 17.7 Å². The molecule has 0 aliphatic carbocycles. The van der Waals surface area contributed by atoms with Crippen LogP contribution in [0.15, 0.2) is 31.1 Å². The van der Waals surface area contributed by atoms with Gasteiger partial charge in [0.25, 0.3) is 0 Å². The zero-order chi connectivity index (χ0) is 23.4. The number of anilines is 2. The van der Waals surface area contributed by atoms with Gasteiger partial charge in [0.15, 0.2) is 17.3 Å². The maximum atomic E-state index is 14.3. The predicted molar refractivity (Wildman–Crippen MR) is 121 cm³/mol. The first-order valence-corrected chi connectivity index (χ1v) is 10.7. The Bertz CT molecular complexity index is 1380. The zero-order valence-corrected chi connectivity index (χ0v) is 18.3. The number of piperidine rings is 1. The van der Waals surface area contributed by atoms with Crippen molar-refractivity contribution in [1.29, 1.82) is 0 Å². The summed E-state index contributed by atoms with van der Waals surface area (Å²) in [6.07, 6.45) is 4.60. The van der Waals surface area contributed by atoms with Crippen LogP contribution in [-0.2, 0) is 0 Å². The normalized spacial score (nSPS) is 20.0. The lowest BCUT2D eigenvalue weighted by Gasteiger charge is -2.37. The van der Waals surface area contributed by atoms with E-state index in [1.54, 1.807) is 17.8 Å². The van der Waals surface area contributed by atoms with Crippen LogP contribution >= 0.6 is 0 Å². The highest BCUT2D eigenvalue weighted by atomic mass is 19.1. The first-order chi connectivity index (χ1) is 15.7. The van der Waals surface area contributed by atoms with Gasteiger partial charge in [-0.2, -0.15) is 9.61 Å². The van der Waals surface area contributed by atoms with Gasteiger partial charge in [-0.3, -0.25) is 0 Å². The molecule has 9 nitrogen and oxygen atoms in total. The highest BCUT2D eigenvalue weighted by Gasteiger charge is 2.31. The summed E-state index contributed by atoms with van der Waals surface area (Å²) in [6.45, 7) is 8.27. The van der Waals surface area contributed by atoms with Crippen LogP contribution in [0.3, 0.4) is 0 Å². The minimum atomic E-state index is -0.794. The number of fused-ring (bicyclic) bond motifs is 3. The Morgan fingerprint density at radius 2 is 2.06 bits per heavy atom. The molecule has 0 radical (unpaired) electrons. The molecule has 0 bridgehead atoms. The lowest BCUT2D eigenvalue weighted by Crippen LogP contribution is -2.41. The second-order valence-electron chi connectivity index (χ2n) is 8.55. The van der Waals surface area contributed by atoms with Gasteiger partial charge >= 0.3 is 0 Å². The van der Waals surface area contributed by atoms with Crippen molar-refractivity contribution in [2.75, 3.05) is 17.2 Å². The number of halogens is 2. The fourth-order valence-electron chi connectivity index (χ4n) is 4.33. The third-order valence-electron chi connectivity index (χ3n) is 6.26. The van der Waals surface area contributed by atoms with Crippen LogP contribution in [0.1, 0.15) is 38.4 Å². The van der Waals surface area contributed by atoms with E-state index in [1.165, 1.54) is 10.6 Å². The van der Waals surface area contributed by atoms with Gasteiger partial charge in [-0.25, -0.2) is 23.4 Å². The number of nitrogen functional groups attached to an aromatic ring is 1. The molecule has 5 rings (SSSR count). The molecular weight excluding hydrogens is 430 g/mol. The summed E-state index contributed by atoms with van der Waals surface area (Å²) in [5, 5.41) is 18.9. The van der Waals surface area contributed by atoms with Crippen LogP contribution in [-0.4, -0.2) is 53.2 Å². The Morgan fingerprint density at radius 3 is 2.82 bits per heavy atom. The molecule has 3 atom stereocenters. The second-order valence-corrected chi connectivity index (χ2v) is 8.55. The smallest absolute Gasteiger partial charge is 0.223 e. The van der Waals surface area contributed by atoms with Crippen molar-refractivity contribution in [3.8, 4) is 0 Å². The molecule has 4 aromatic rings. The van der Waals surface area contributed by atoms with Crippen molar-refractivity contribution in [1.82, 2.24) is 29.4 Å². The van der Waals surface area contributed by atoms with Crippen LogP contribution in [0.4, 0.5) is 20.4 Å². The molecule has 1 aliphatic heterocycles. The molecule has 3 aromatic heterocycles. The number of rotatable bonds is 4. The van der Waals surface area contributed by atoms with Gasteiger partial charge in [-0.05, 0) is 32.8 Å². The summed E-state index contributed by atoms with van der Waals surface area (Å²) in [5.41, 5.74) is 7.63. The number of nitrogens with two attached hydrogens (primary N) is 1. The minimum absolute atomic E-state index is 0.0132. The fourth-order valence-corrected chi connectivity index (χ4v) is 4.33. The van der Waals surface area contributed by atoms with Crippen molar-refractivity contribution in [3.63, 3.8) is 0 Å². The molecule has 1 saturated heterocycles. The van der Waals surface area contributed by atoms with Crippen LogP contribution in [0, 0.1) is 11.6 Å². The van der Waals surface area contributed by atoms with Crippen molar-refractivity contribution in [2.24, 2.45) is 0 Å². The Hall–Kier alpha value is -3.60. The molecule has 3 unspecified atom stereocenters. The molecule has 4 heterocycles. The molecule has 1 fully saturated rings. The van der Waals surface area contributed by atoms with Gasteiger partial charge in [-0.1, -0.05) is 6.58 Å². The van der Waals surface area contributed by atoms with Gasteiger partial charge in [0.05, 0.1) is 35.3 Å². The third kappa shape index (κ3) is 3.58. The summed E-state index contributed by atoms with van der Waals surface area (Å²) >= 11 is 0. The lowest BCUT2D eigenvalue weighted by atomic mass is 9.92. The summed E-state index contributed by atoms with van der Waals surface area (Å²) in [4.78, 5) is 10.9. The van der Waals surface area contributed by atoms with Gasteiger partial charge in [0.1, 0.15) is 11.3 Å². The van der Waals surface area contributed by atoms with E-state index in [2.05, 4.69) is 38.6 Å². The number of nitrogens with zero attached hydrogens (tertiary/aromatic N) is 7. The van der Waals surface area contributed by atoms with Crippen molar-refractivity contribution in [3.05, 3.63) is 48.6 Å². The van der Waals surface area contributed by atoms with Gasteiger partial charge < -0.3 is 15.7 Å². The quantitative estimate of drug-likeness (QED) is 0.488. The Morgan fingerprint density at radius 1 is 1.27 bits per heavy atom. The summed E-state index contributed by atoms with van der Waals surface area (Å²) in [5.74, 6) is -1.01. The number of aliphatic hydroxyl groups excluding tert-OH is 1. The number of hydrogen-bond donors (Lipinski definition) is 2. The Labute approximate surface area is 188 Å². The van der Waals surface area contributed by atoms with E-state index in [0.29, 0.717) is 18.1 Å². The molecule has 1 aliphatic rings. The summed E-state index contributed by atoms with van der Waals surface area (Å²) in [7, 11) is 0. The highest BCUT2D eigenvalue weighted by Crippen LogP contribution is 2.33. The summed E-state index contributed by atoms with van der Waals surface area (Å²) < 4.78 is 31.0. The lowest BCUT2D eigenvalue weighted by molar-refractivity contribution is 0.246. The summed E-state index contributed by atoms with van der Waals surface area (Å²) in [6, 6.07) is 2.22. The van der Waals surface area contributed by atoms with Crippen molar-refractivity contribution in [2.45, 2.75) is 44.8 Å². The molecule has 33 heavy (non-hydrogen) atoms. The van der Waals surface area contributed by atoms with Crippen molar-refractivity contribution < 1.29 is 13.9 Å². The standard InChI is InChI=1S/C22H24F2N8O/c1-11-4-5-14(9-30(11)16-8-26-31(10-16)12(2)13(3)33)20-28-21-17-6-15(23)7-18(24)19(17)27-22(25)32(21)29-20/h6-8,10-11,13-14,33H,2,4-5,9H2,1,3H3,(H2,25,27). The van der Waals surface area contributed by atoms with Crippen LogP contribution < -0.4 is 10.6 Å². The maximum Gasteiger partial charge on any atom is 0.223 e. The van der Waals surface area contributed by atoms with E-state index in [4.69, 9.17) is 5.73 Å². The van der Waals surface area contributed by atoms with Gasteiger partial charge in [-0.15, -0.1) is 5.10 Å². The molecule has 3 N–H and O–H groups in total. The van der Waals surface area contributed by atoms with E-state index in [0.717, 1.165) is 24.6 Å². The molecule has 1 aromatic carbocycles. The molecule has 0 spiro atoms. The topological polar surface area (TPSA) is 110 Å². The molecule has 11 heteroatoms. The van der Waals surface area contributed by atoms with E-state index in [-0.39, 0.29) is 34.5 Å². The Balaban J connectivity index is 1.51. The number of benzene rings is 1. The van der Waals surface area contributed by atoms with E-state index in [9.17, 15) is 13.9 Å². The van der Waals surface area contributed by atoms with E-state index in [1.807, 2.05) is 6.20 Å². The molecule has 0 saturated carbocycles. The first kappa shape index (κ1) is 21.3. The SMILES string of the molecule is C=C(C(C)O)n1cc(N2CC(c3nc4c5cc(F)cc(F)c5nc(N)n4n3)CCC2C)cn1.